The minimum Gasteiger partial charge on any atom is -0.479 e. The molecular formula is C36H60O32. The predicted octanol–water partition coefficient (Wildman–Crippen LogP) is -14.0. The summed E-state index contributed by atoms with van der Waals surface area (Å²) < 4.78 is 60.1. The highest BCUT2D eigenvalue weighted by atomic mass is 16.8. The largest absolute Gasteiger partial charge is 0.479 e. The Labute approximate surface area is 382 Å². The Bertz CT molecular complexity index is 1580. The molecule has 6 heterocycles. The van der Waals surface area contributed by atoms with Gasteiger partial charge in [-0.1, -0.05) is 0 Å². The van der Waals surface area contributed by atoms with Crippen LogP contribution in [0.5, 0.6) is 0 Å². The molecule has 0 spiro atoms. The fraction of sp³-hybridized carbons (Fsp3) is 0.972. The molecule has 0 aromatic heterocycles. The summed E-state index contributed by atoms with van der Waals surface area (Å²) in [6.07, 6.45) is -59.9. The van der Waals surface area contributed by atoms with E-state index in [9.17, 15) is 107 Å². The van der Waals surface area contributed by atoms with Crippen LogP contribution in [0.2, 0.25) is 0 Å². The van der Waals surface area contributed by atoms with Crippen molar-refractivity contribution >= 4 is 5.97 Å². The van der Waals surface area contributed by atoms with Crippen LogP contribution < -0.4 is 0 Å². The molecule has 32 heteroatoms. The van der Waals surface area contributed by atoms with Crippen LogP contribution in [0, 0.1) is 0 Å². The first kappa shape index (κ1) is 55.6. The van der Waals surface area contributed by atoms with Crippen molar-refractivity contribution in [2.45, 2.75) is 184 Å². The SMILES string of the molecule is O=C(O)[C@H]1O[C@H](O[C@H]2[C@H](OC[C@H]3OC(O)[C@@H](O[C@H]4O[C@H](CO)[C@@H](O)[C@H](O)[C@@H]4O)[C@@H](O)[C@@H]3O)O[C@@H]([C@H](O)CO)[C@@H]2O)[C@H](O)[C@@H](O)[C@@H]1O[C@@H]1O[C@H](CO)[C@@H](O)[C@H](O)[C@@H]1O[C@@H]1O[C@H](CO)[C@@H](O)[C@H](O)[C@@H]1O. The zero-order valence-electron chi connectivity index (χ0n) is 35.2. The molecule has 6 saturated heterocycles. The van der Waals surface area contributed by atoms with Gasteiger partial charge in [0, 0.05) is 0 Å². The molecule has 32 nitrogen and oxygen atoms in total. The summed E-state index contributed by atoms with van der Waals surface area (Å²) in [6, 6.07) is 0. The van der Waals surface area contributed by atoms with Crippen molar-refractivity contribution in [1.82, 2.24) is 0 Å². The van der Waals surface area contributed by atoms with Gasteiger partial charge in [0.2, 0.25) is 0 Å². The smallest absolute Gasteiger partial charge is 0.335 e. The third-order valence-corrected chi connectivity index (χ3v) is 12.4. The van der Waals surface area contributed by atoms with Crippen LogP contribution in [-0.4, -0.2) is 325 Å². The maximum absolute atomic E-state index is 12.7. The molecule has 0 aliphatic carbocycles. The van der Waals surface area contributed by atoms with Gasteiger partial charge < -0.3 is 154 Å². The topological polar surface area (TPSA) is 523 Å². The average Bonchev–Trinajstić information content (AvgIpc) is 3.63. The summed E-state index contributed by atoms with van der Waals surface area (Å²) in [5, 5.41) is 208. The molecule has 6 aliphatic rings. The molecule has 6 aliphatic heterocycles. The van der Waals surface area contributed by atoms with Crippen LogP contribution in [0.15, 0.2) is 0 Å². The van der Waals surface area contributed by atoms with E-state index < -0.39 is 223 Å². The van der Waals surface area contributed by atoms with Crippen molar-refractivity contribution < 1.29 is 159 Å². The third kappa shape index (κ3) is 11.2. The van der Waals surface area contributed by atoms with Crippen molar-refractivity contribution in [3.05, 3.63) is 0 Å². The minimum atomic E-state index is -2.41. The van der Waals surface area contributed by atoms with Crippen molar-refractivity contribution in [3.63, 3.8) is 0 Å². The van der Waals surface area contributed by atoms with E-state index in [4.69, 9.17) is 52.1 Å². The normalized spacial score (nSPS) is 51.9. The van der Waals surface area contributed by atoms with E-state index in [0.717, 1.165) is 0 Å². The highest BCUT2D eigenvalue weighted by Crippen LogP contribution is 2.37. The van der Waals surface area contributed by atoms with Crippen LogP contribution in [0.25, 0.3) is 0 Å². The van der Waals surface area contributed by atoms with Gasteiger partial charge in [-0.15, -0.1) is 0 Å². The lowest BCUT2D eigenvalue weighted by molar-refractivity contribution is -0.389. The van der Waals surface area contributed by atoms with E-state index in [0.29, 0.717) is 0 Å². The average molecular weight is 1000 g/mol. The number of carboxylic acid groups (broad SMARTS) is 1. The number of carboxylic acids is 1. The standard InChI is InChI=1S/C36H60O32/c37-1-6(41)24-23(54)28(35(63-24)58-5-10-14(45)17(48)26(31(57)59-10)65-32-20(51)15(46)11(42)7(2-38)60-32)67-34-22(53)19(50)25(29(68-34)30(55)56)64-36-27(18(49)13(44)9(4-40)62-36)66-33-21(52)16(47)12(43)8(3-39)61-33/h6-29,31-54,57H,1-5H2,(H,55,56)/t6-,7-,8-,9-,10-,11-,12-,13-,14-,15+,16+,17+,18+,19-,20+,21+,22-,23+,24+,25+,26+,27+,28-,29+,31?,32-,33+,34+,35-,36+/m1/s1. The molecule has 30 atom stereocenters. The monoisotopic (exact) mass is 1000 g/mol. The number of rotatable bonds is 17. The zero-order valence-corrected chi connectivity index (χ0v) is 35.2. The zero-order chi connectivity index (χ0) is 50.2. The third-order valence-electron chi connectivity index (χ3n) is 12.4. The van der Waals surface area contributed by atoms with Crippen LogP contribution in [0.1, 0.15) is 0 Å². The first-order valence-corrected chi connectivity index (χ1v) is 21.1. The molecule has 0 saturated carbocycles. The van der Waals surface area contributed by atoms with E-state index in [-0.39, 0.29) is 0 Å². The quantitative estimate of drug-likeness (QED) is 0.0643. The molecule has 396 valence electrons. The van der Waals surface area contributed by atoms with Gasteiger partial charge in [0.1, 0.15) is 140 Å². The van der Waals surface area contributed by atoms with E-state index in [1.807, 2.05) is 0 Å². The summed E-state index contributed by atoms with van der Waals surface area (Å²) in [5.41, 5.74) is 0. The highest BCUT2D eigenvalue weighted by Gasteiger charge is 2.58. The van der Waals surface area contributed by atoms with Crippen LogP contribution >= 0.6 is 0 Å². The van der Waals surface area contributed by atoms with Gasteiger partial charge in [-0.3, -0.25) is 0 Å². The van der Waals surface area contributed by atoms with Crippen LogP contribution in [0.4, 0.5) is 0 Å². The number of hydrogen-bond acceptors (Lipinski definition) is 31. The second-order valence-electron chi connectivity index (χ2n) is 16.8. The van der Waals surface area contributed by atoms with Crippen molar-refractivity contribution in [2.75, 3.05) is 33.0 Å². The predicted molar refractivity (Wildman–Crippen MR) is 200 cm³/mol. The minimum absolute atomic E-state index is 0.852. The number of ether oxygens (including phenoxy) is 11. The van der Waals surface area contributed by atoms with Gasteiger partial charge in [-0.05, 0) is 0 Å². The van der Waals surface area contributed by atoms with Gasteiger partial charge in [-0.25, -0.2) is 4.79 Å². The molecule has 20 N–H and O–H groups in total. The summed E-state index contributed by atoms with van der Waals surface area (Å²) in [7, 11) is 0. The fourth-order valence-electron chi connectivity index (χ4n) is 8.35. The highest BCUT2D eigenvalue weighted by molar-refractivity contribution is 5.73. The van der Waals surface area contributed by atoms with Crippen LogP contribution in [0.3, 0.4) is 0 Å². The van der Waals surface area contributed by atoms with Gasteiger partial charge in [0.05, 0.1) is 33.0 Å². The Morgan fingerprint density at radius 2 is 0.809 bits per heavy atom. The maximum atomic E-state index is 12.7. The summed E-state index contributed by atoms with van der Waals surface area (Å²) >= 11 is 0. The molecule has 0 bridgehead atoms. The van der Waals surface area contributed by atoms with Gasteiger partial charge >= 0.3 is 5.97 Å². The molecule has 0 amide bonds. The second-order valence-corrected chi connectivity index (χ2v) is 16.8. The Hall–Kier alpha value is -1.73. The number of hydrogen-bond donors (Lipinski definition) is 20. The molecule has 0 aromatic rings. The number of aliphatic hydroxyl groups excluding tert-OH is 19. The van der Waals surface area contributed by atoms with E-state index >= 15 is 0 Å². The van der Waals surface area contributed by atoms with E-state index in [1.54, 1.807) is 0 Å². The summed E-state index contributed by atoms with van der Waals surface area (Å²) in [6.45, 7) is -4.71. The van der Waals surface area contributed by atoms with Crippen LogP contribution in [-0.2, 0) is 56.9 Å². The molecule has 68 heavy (non-hydrogen) atoms. The van der Waals surface area contributed by atoms with Crippen molar-refractivity contribution in [1.29, 1.82) is 0 Å². The lowest BCUT2D eigenvalue weighted by Crippen LogP contribution is -2.67. The maximum Gasteiger partial charge on any atom is 0.335 e. The second kappa shape index (κ2) is 23.4. The van der Waals surface area contributed by atoms with E-state index in [2.05, 4.69) is 0 Å². The number of carbonyl (C=O) groups is 1. The lowest BCUT2D eigenvalue weighted by Gasteiger charge is -2.48. The molecule has 6 fully saturated rings. The van der Waals surface area contributed by atoms with Gasteiger partial charge in [-0.2, -0.15) is 0 Å². The summed E-state index contributed by atoms with van der Waals surface area (Å²) in [4.78, 5) is 12.7. The molecular weight excluding hydrogens is 944 g/mol. The van der Waals surface area contributed by atoms with Gasteiger partial charge in [0.15, 0.2) is 43.8 Å². The molecule has 0 aromatic carbocycles. The first-order chi connectivity index (χ1) is 32.1. The van der Waals surface area contributed by atoms with E-state index in [1.165, 1.54) is 0 Å². The molecule has 1 unspecified atom stereocenters. The Morgan fingerprint density at radius 1 is 0.412 bits per heavy atom. The van der Waals surface area contributed by atoms with Crippen molar-refractivity contribution in [2.24, 2.45) is 0 Å². The van der Waals surface area contributed by atoms with Crippen molar-refractivity contribution in [3.8, 4) is 0 Å². The Morgan fingerprint density at radius 3 is 1.31 bits per heavy atom. The Balaban J connectivity index is 1.15. The van der Waals surface area contributed by atoms with Gasteiger partial charge in [0.25, 0.3) is 0 Å². The molecule has 6 rings (SSSR count). The summed E-state index contributed by atoms with van der Waals surface area (Å²) in [5.74, 6) is -1.94. The fourth-order valence-corrected chi connectivity index (χ4v) is 8.35. The number of aliphatic carboxylic acids is 1. The molecule has 0 radical (unpaired) electrons. The first-order valence-electron chi connectivity index (χ1n) is 21.1. The Kier molecular flexibility index (Phi) is 19.2. The number of aliphatic hydroxyl groups is 19. The lowest BCUT2D eigenvalue weighted by atomic mass is 9.96.